The molecule has 5 heteroatoms. The molecule has 1 aromatic rings. The molecule has 5 aliphatic rings. The van der Waals surface area contributed by atoms with Crippen LogP contribution in [0.4, 0.5) is 4.79 Å². The van der Waals surface area contributed by atoms with Gasteiger partial charge in [-0.2, -0.15) is 0 Å². The number of piperazine rings is 1. The number of nitrogens with zero attached hydrogens (tertiary/aromatic N) is 2. The molecule has 162 valence electrons. The van der Waals surface area contributed by atoms with E-state index in [0.29, 0.717) is 38.6 Å². The first-order valence-corrected chi connectivity index (χ1v) is 12.0. The van der Waals surface area contributed by atoms with Gasteiger partial charge in [-0.1, -0.05) is 30.3 Å². The largest absolute Gasteiger partial charge is 0.339 e. The monoisotopic (exact) mass is 409 g/mol. The zero-order chi connectivity index (χ0) is 20.6. The Balaban J connectivity index is 1.07. The van der Waals surface area contributed by atoms with Crippen LogP contribution in [0.15, 0.2) is 30.3 Å². The highest BCUT2D eigenvalue weighted by Crippen LogP contribution is 2.60. The van der Waals surface area contributed by atoms with Crippen molar-refractivity contribution in [3.8, 4) is 0 Å². The van der Waals surface area contributed by atoms with Gasteiger partial charge in [0.25, 0.3) is 0 Å². The SMILES string of the molecule is O=C(NCCCc1ccccc1)N1CCN(C(=O)C23CC4CC(CC(C4)C2)C3)CC1. The average molecular weight is 410 g/mol. The van der Waals surface area contributed by atoms with Crippen LogP contribution in [-0.2, 0) is 11.2 Å². The Morgan fingerprint density at radius 3 is 2.03 bits per heavy atom. The molecule has 5 fully saturated rings. The normalized spacial score (nSPS) is 32.3. The zero-order valence-electron chi connectivity index (χ0n) is 18.0. The van der Waals surface area contributed by atoms with Crippen LogP contribution in [-0.4, -0.2) is 54.5 Å². The van der Waals surface area contributed by atoms with E-state index in [1.807, 2.05) is 11.0 Å². The highest BCUT2D eigenvalue weighted by molar-refractivity contribution is 5.84. The van der Waals surface area contributed by atoms with Crippen LogP contribution in [0.1, 0.15) is 50.5 Å². The van der Waals surface area contributed by atoms with Gasteiger partial charge in [-0.05, 0) is 74.7 Å². The molecule has 6 rings (SSSR count). The number of amides is 3. The Bertz CT molecular complexity index is 735. The number of benzene rings is 1. The van der Waals surface area contributed by atoms with Gasteiger partial charge in [0.2, 0.25) is 5.91 Å². The van der Waals surface area contributed by atoms with E-state index in [4.69, 9.17) is 0 Å². The number of nitrogens with one attached hydrogen (secondary N) is 1. The summed E-state index contributed by atoms with van der Waals surface area (Å²) in [6, 6.07) is 10.4. The lowest BCUT2D eigenvalue weighted by Crippen LogP contribution is -2.59. The van der Waals surface area contributed by atoms with E-state index in [9.17, 15) is 9.59 Å². The number of hydrogen-bond acceptors (Lipinski definition) is 2. The minimum atomic E-state index is -0.0589. The van der Waals surface area contributed by atoms with Crippen LogP contribution in [0.2, 0.25) is 0 Å². The summed E-state index contributed by atoms with van der Waals surface area (Å²) in [5, 5.41) is 3.06. The molecule has 5 nitrogen and oxygen atoms in total. The van der Waals surface area contributed by atoms with Crippen molar-refractivity contribution in [3.05, 3.63) is 35.9 Å². The molecular formula is C25H35N3O2. The van der Waals surface area contributed by atoms with Gasteiger partial charge in [0.05, 0.1) is 5.41 Å². The summed E-state index contributed by atoms with van der Waals surface area (Å²) in [6.45, 7) is 3.39. The Hall–Kier alpha value is -2.04. The van der Waals surface area contributed by atoms with Crippen LogP contribution < -0.4 is 5.32 Å². The highest BCUT2D eigenvalue weighted by Gasteiger charge is 2.55. The van der Waals surface area contributed by atoms with Gasteiger partial charge in [-0.15, -0.1) is 0 Å². The topological polar surface area (TPSA) is 52.7 Å². The molecule has 0 aromatic heterocycles. The number of urea groups is 1. The molecule has 4 saturated carbocycles. The van der Waals surface area contributed by atoms with Gasteiger partial charge in [-0.3, -0.25) is 4.79 Å². The third-order valence-corrected chi connectivity index (χ3v) is 8.11. The molecule has 4 bridgehead atoms. The van der Waals surface area contributed by atoms with Gasteiger partial charge in [-0.25, -0.2) is 4.79 Å². The maximum atomic E-state index is 13.5. The Morgan fingerprint density at radius 1 is 0.867 bits per heavy atom. The molecule has 1 aromatic carbocycles. The molecular weight excluding hydrogens is 374 g/mol. The third-order valence-electron chi connectivity index (χ3n) is 8.11. The Kier molecular flexibility index (Phi) is 5.46. The molecule has 0 spiro atoms. The van der Waals surface area contributed by atoms with Crippen LogP contribution in [0.3, 0.4) is 0 Å². The van der Waals surface area contributed by atoms with Crippen molar-refractivity contribution in [1.82, 2.24) is 15.1 Å². The second kappa shape index (κ2) is 8.24. The van der Waals surface area contributed by atoms with Crippen molar-refractivity contribution in [2.24, 2.45) is 23.2 Å². The summed E-state index contributed by atoms with van der Waals surface area (Å²) in [7, 11) is 0. The number of aryl methyl sites for hydroxylation is 1. The van der Waals surface area contributed by atoms with Gasteiger partial charge in [0.15, 0.2) is 0 Å². The number of hydrogen-bond donors (Lipinski definition) is 1. The first kappa shape index (κ1) is 19.9. The fourth-order valence-electron chi connectivity index (χ4n) is 7.06. The first-order chi connectivity index (χ1) is 14.6. The van der Waals surface area contributed by atoms with Crippen LogP contribution in [0.25, 0.3) is 0 Å². The van der Waals surface area contributed by atoms with E-state index >= 15 is 0 Å². The lowest BCUT2D eigenvalue weighted by molar-refractivity contribution is -0.159. The third kappa shape index (κ3) is 3.95. The second-order valence-corrected chi connectivity index (χ2v) is 10.3. The molecule has 0 unspecified atom stereocenters. The fourth-order valence-corrected chi connectivity index (χ4v) is 7.06. The summed E-state index contributed by atoms with van der Waals surface area (Å²) in [5.41, 5.74) is 1.25. The van der Waals surface area contributed by atoms with Crippen molar-refractivity contribution in [3.63, 3.8) is 0 Å². The van der Waals surface area contributed by atoms with Crippen molar-refractivity contribution >= 4 is 11.9 Å². The number of carbonyl (C=O) groups is 2. The summed E-state index contributed by atoms with van der Waals surface area (Å²) in [4.78, 5) is 30.0. The second-order valence-electron chi connectivity index (χ2n) is 10.3. The van der Waals surface area contributed by atoms with E-state index in [1.54, 1.807) is 0 Å². The quantitative estimate of drug-likeness (QED) is 0.754. The molecule has 3 amide bonds. The van der Waals surface area contributed by atoms with Gasteiger partial charge < -0.3 is 15.1 Å². The molecule has 30 heavy (non-hydrogen) atoms. The van der Waals surface area contributed by atoms with Crippen LogP contribution >= 0.6 is 0 Å². The van der Waals surface area contributed by atoms with E-state index in [1.165, 1.54) is 24.8 Å². The molecule has 0 atom stereocenters. The average Bonchev–Trinajstić information content (AvgIpc) is 2.76. The molecule has 1 heterocycles. The van der Waals surface area contributed by atoms with Crippen molar-refractivity contribution in [1.29, 1.82) is 0 Å². The minimum Gasteiger partial charge on any atom is -0.339 e. The molecule has 0 radical (unpaired) electrons. The smallest absolute Gasteiger partial charge is 0.317 e. The number of carbonyl (C=O) groups excluding carboxylic acids is 2. The molecule has 4 aliphatic carbocycles. The van der Waals surface area contributed by atoms with E-state index in [2.05, 4.69) is 34.5 Å². The van der Waals surface area contributed by atoms with Gasteiger partial charge in [0, 0.05) is 32.7 Å². The predicted octanol–water partition coefficient (Wildman–Crippen LogP) is 3.69. The molecule has 1 N–H and O–H groups in total. The Labute approximate surface area is 180 Å². The lowest BCUT2D eigenvalue weighted by atomic mass is 9.49. The maximum absolute atomic E-state index is 13.5. The maximum Gasteiger partial charge on any atom is 0.317 e. The molecule has 1 aliphatic heterocycles. The summed E-state index contributed by atoms with van der Waals surface area (Å²) in [6.07, 6.45) is 9.40. The van der Waals surface area contributed by atoms with E-state index in [-0.39, 0.29) is 11.4 Å². The van der Waals surface area contributed by atoms with Gasteiger partial charge >= 0.3 is 6.03 Å². The summed E-state index contributed by atoms with van der Waals surface area (Å²) >= 11 is 0. The van der Waals surface area contributed by atoms with Crippen LogP contribution in [0.5, 0.6) is 0 Å². The van der Waals surface area contributed by atoms with Crippen molar-refractivity contribution < 1.29 is 9.59 Å². The molecule has 1 saturated heterocycles. The standard InChI is InChI=1S/C25H35N3O2/c29-23(25-16-20-13-21(17-25)15-22(14-20)18-25)27-9-11-28(12-10-27)24(30)26-8-4-7-19-5-2-1-3-6-19/h1-3,5-6,20-22H,4,7-18H2,(H,26,30). The number of rotatable bonds is 5. The zero-order valence-corrected chi connectivity index (χ0v) is 18.0. The van der Waals surface area contributed by atoms with Crippen molar-refractivity contribution in [2.45, 2.75) is 51.4 Å². The van der Waals surface area contributed by atoms with Gasteiger partial charge in [0.1, 0.15) is 0 Å². The summed E-state index contributed by atoms with van der Waals surface area (Å²) in [5.74, 6) is 2.79. The fraction of sp³-hybridized carbons (Fsp3) is 0.680. The first-order valence-electron chi connectivity index (χ1n) is 12.0. The lowest BCUT2D eigenvalue weighted by Gasteiger charge is -2.57. The van der Waals surface area contributed by atoms with E-state index < -0.39 is 0 Å². The Morgan fingerprint density at radius 2 is 1.43 bits per heavy atom. The summed E-state index contributed by atoms with van der Waals surface area (Å²) < 4.78 is 0. The highest BCUT2D eigenvalue weighted by atomic mass is 16.2. The predicted molar refractivity (Wildman–Crippen MR) is 117 cm³/mol. The van der Waals surface area contributed by atoms with E-state index in [0.717, 1.165) is 49.9 Å². The van der Waals surface area contributed by atoms with Crippen molar-refractivity contribution in [2.75, 3.05) is 32.7 Å². The van der Waals surface area contributed by atoms with Crippen LogP contribution in [0, 0.1) is 23.2 Å². The minimum absolute atomic E-state index is 0.0185.